The number of aryl methyl sites for hydroxylation is 1. The number of nitrogens with one attached hydrogen (secondary N) is 1. The lowest BCUT2D eigenvalue weighted by molar-refractivity contribution is -0.117. The zero-order valence-corrected chi connectivity index (χ0v) is 16.7. The van der Waals surface area contributed by atoms with E-state index in [0.29, 0.717) is 5.39 Å². The number of anilines is 2. The zero-order valence-electron chi connectivity index (χ0n) is 16.7. The number of amides is 1. The molecule has 1 aliphatic heterocycles. The van der Waals surface area contributed by atoms with Crippen molar-refractivity contribution in [2.75, 3.05) is 23.3 Å². The number of rotatable bonds is 4. The molecule has 1 saturated heterocycles. The van der Waals surface area contributed by atoms with Crippen molar-refractivity contribution in [2.45, 2.75) is 39.2 Å². The van der Waals surface area contributed by atoms with Crippen LogP contribution in [0, 0.1) is 6.92 Å². The van der Waals surface area contributed by atoms with Crippen LogP contribution in [0.25, 0.3) is 10.8 Å². The first-order valence-electron chi connectivity index (χ1n) is 10.2. The highest BCUT2D eigenvalue weighted by atomic mass is 16.2. The molecule has 0 atom stereocenters. The van der Waals surface area contributed by atoms with E-state index in [0.717, 1.165) is 48.4 Å². The van der Waals surface area contributed by atoms with Crippen LogP contribution in [0.15, 0.2) is 53.3 Å². The maximum Gasteiger partial charge on any atom is 0.275 e. The quantitative estimate of drug-likeness (QED) is 0.737. The van der Waals surface area contributed by atoms with Gasteiger partial charge in [-0.2, -0.15) is 5.10 Å². The van der Waals surface area contributed by atoms with Crippen molar-refractivity contribution in [3.05, 3.63) is 64.4 Å². The van der Waals surface area contributed by atoms with Crippen LogP contribution in [0.3, 0.4) is 0 Å². The number of nitrogens with zero attached hydrogens (tertiary/aromatic N) is 3. The number of carbonyl (C=O) groups excluding carboxylic acids is 1. The normalized spacial score (nSPS) is 14.6. The standard InChI is InChI=1S/C23H26N4O2/c1-17-9-8-10-18(15-17)24-21(28)16-27-23(29)20-12-5-4-11-19(20)22(25-27)26-13-6-2-3-7-14-26/h4-5,8-12,15H,2-3,6-7,13-14,16H2,1H3,(H,24,28). The summed E-state index contributed by atoms with van der Waals surface area (Å²) >= 11 is 0. The van der Waals surface area contributed by atoms with E-state index in [2.05, 4.69) is 15.3 Å². The van der Waals surface area contributed by atoms with Gasteiger partial charge in [-0.15, -0.1) is 0 Å². The van der Waals surface area contributed by atoms with Crippen molar-refractivity contribution in [1.82, 2.24) is 9.78 Å². The van der Waals surface area contributed by atoms with E-state index in [1.807, 2.05) is 55.5 Å². The Balaban J connectivity index is 1.67. The third kappa shape index (κ3) is 4.31. The average Bonchev–Trinajstić information content (AvgIpc) is 2.99. The van der Waals surface area contributed by atoms with E-state index in [1.54, 1.807) is 0 Å². The van der Waals surface area contributed by atoms with Crippen LogP contribution < -0.4 is 15.8 Å². The number of benzene rings is 2. The summed E-state index contributed by atoms with van der Waals surface area (Å²) in [5.41, 5.74) is 1.54. The first kappa shape index (κ1) is 19.2. The molecule has 1 aromatic heterocycles. The van der Waals surface area contributed by atoms with Crippen molar-refractivity contribution < 1.29 is 4.79 Å². The van der Waals surface area contributed by atoms with E-state index in [9.17, 15) is 9.59 Å². The van der Waals surface area contributed by atoms with Crippen LogP contribution in [0.4, 0.5) is 11.5 Å². The largest absolute Gasteiger partial charge is 0.355 e. The summed E-state index contributed by atoms with van der Waals surface area (Å²) in [4.78, 5) is 27.8. The molecule has 1 fully saturated rings. The summed E-state index contributed by atoms with van der Waals surface area (Å²) < 4.78 is 1.30. The second-order valence-corrected chi connectivity index (χ2v) is 7.65. The molecule has 2 heterocycles. The van der Waals surface area contributed by atoms with Crippen LogP contribution in [0.2, 0.25) is 0 Å². The first-order chi connectivity index (χ1) is 14.1. The second kappa shape index (κ2) is 8.47. The molecule has 150 valence electrons. The van der Waals surface area contributed by atoms with Crippen LogP contribution in [0.5, 0.6) is 0 Å². The van der Waals surface area contributed by atoms with Gasteiger partial charge in [0.15, 0.2) is 5.82 Å². The van der Waals surface area contributed by atoms with Gasteiger partial charge in [-0.3, -0.25) is 9.59 Å². The molecule has 1 N–H and O–H groups in total. The molecule has 0 unspecified atom stereocenters. The van der Waals surface area contributed by atoms with E-state index in [4.69, 9.17) is 0 Å². The molecule has 0 spiro atoms. The Labute approximate surface area is 170 Å². The highest BCUT2D eigenvalue weighted by Crippen LogP contribution is 2.24. The molecule has 1 amide bonds. The fourth-order valence-corrected chi connectivity index (χ4v) is 3.90. The Bertz CT molecular complexity index is 1080. The van der Waals surface area contributed by atoms with Gasteiger partial charge in [-0.1, -0.05) is 43.2 Å². The molecule has 3 aromatic rings. The lowest BCUT2D eigenvalue weighted by Gasteiger charge is -2.23. The number of hydrogen-bond acceptors (Lipinski definition) is 4. The monoisotopic (exact) mass is 390 g/mol. The smallest absolute Gasteiger partial charge is 0.275 e. The summed E-state index contributed by atoms with van der Waals surface area (Å²) in [6.45, 7) is 3.70. The van der Waals surface area contributed by atoms with Crippen molar-refractivity contribution in [3.63, 3.8) is 0 Å². The molecule has 0 saturated carbocycles. The molecule has 0 bridgehead atoms. The van der Waals surface area contributed by atoms with Crippen molar-refractivity contribution in [2.24, 2.45) is 0 Å². The minimum atomic E-state index is -0.262. The summed E-state index contributed by atoms with van der Waals surface area (Å²) in [5, 5.41) is 8.96. The average molecular weight is 390 g/mol. The van der Waals surface area contributed by atoms with Gasteiger partial charge in [-0.25, -0.2) is 4.68 Å². The van der Waals surface area contributed by atoms with Gasteiger partial charge in [0.25, 0.3) is 5.56 Å². The van der Waals surface area contributed by atoms with Gasteiger partial charge in [0.1, 0.15) is 6.54 Å². The van der Waals surface area contributed by atoms with Crippen molar-refractivity contribution >= 4 is 28.2 Å². The number of hydrogen-bond donors (Lipinski definition) is 1. The molecule has 1 aliphatic rings. The van der Waals surface area contributed by atoms with E-state index >= 15 is 0 Å². The fourth-order valence-electron chi connectivity index (χ4n) is 3.90. The highest BCUT2D eigenvalue weighted by Gasteiger charge is 2.18. The molecular formula is C23H26N4O2. The number of carbonyl (C=O) groups is 1. The second-order valence-electron chi connectivity index (χ2n) is 7.65. The van der Waals surface area contributed by atoms with Gasteiger partial charge >= 0.3 is 0 Å². The van der Waals surface area contributed by atoms with Crippen LogP contribution in [-0.4, -0.2) is 28.8 Å². The Morgan fingerprint density at radius 2 is 1.72 bits per heavy atom. The van der Waals surface area contributed by atoms with Crippen molar-refractivity contribution in [3.8, 4) is 0 Å². The van der Waals surface area contributed by atoms with Crippen LogP contribution >= 0.6 is 0 Å². The minimum absolute atomic E-state index is 0.113. The fraction of sp³-hybridized carbons (Fsp3) is 0.348. The Morgan fingerprint density at radius 1 is 1.00 bits per heavy atom. The highest BCUT2D eigenvalue weighted by molar-refractivity contribution is 5.93. The molecule has 29 heavy (non-hydrogen) atoms. The third-order valence-electron chi connectivity index (χ3n) is 5.35. The Morgan fingerprint density at radius 3 is 2.45 bits per heavy atom. The first-order valence-corrected chi connectivity index (χ1v) is 10.2. The molecule has 6 nitrogen and oxygen atoms in total. The maximum atomic E-state index is 13.0. The van der Waals surface area contributed by atoms with Gasteiger partial charge in [0, 0.05) is 24.2 Å². The summed E-state index contributed by atoms with van der Waals surface area (Å²) in [5.74, 6) is 0.535. The lowest BCUT2D eigenvalue weighted by atomic mass is 10.1. The van der Waals surface area contributed by atoms with Gasteiger partial charge in [0.2, 0.25) is 5.91 Å². The Hall–Kier alpha value is -3.15. The molecule has 2 aromatic carbocycles. The maximum absolute atomic E-state index is 13.0. The van der Waals surface area contributed by atoms with Gasteiger partial charge in [0.05, 0.1) is 5.39 Å². The van der Waals surface area contributed by atoms with E-state index in [-0.39, 0.29) is 18.0 Å². The summed E-state index contributed by atoms with van der Waals surface area (Å²) in [7, 11) is 0. The predicted octanol–water partition coefficient (Wildman–Crippen LogP) is 3.72. The third-order valence-corrected chi connectivity index (χ3v) is 5.35. The minimum Gasteiger partial charge on any atom is -0.355 e. The molecule has 0 aliphatic carbocycles. The number of fused-ring (bicyclic) bond motifs is 1. The molecule has 4 rings (SSSR count). The van der Waals surface area contributed by atoms with Crippen LogP contribution in [-0.2, 0) is 11.3 Å². The van der Waals surface area contributed by atoms with E-state index < -0.39 is 0 Å². The van der Waals surface area contributed by atoms with E-state index in [1.165, 1.54) is 17.5 Å². The lowest BCUT2D eigenvalue weighted by Crippen LogP contribution is -2.33. The Kier molecular flexibility index (Phi) is 5.60. The molecular weight excluding hydrogens is 364 g/mol. The van der Waals surface area contributed by atoms with Crippen molar-refractivity contribution in [1.29, 1.82) is 0 Å². The van der Waals surface area contributed by atoms with Gasteiger partial charge in [-0.05, 0) is 43.5 Å². The predicted molar refractivity (Wildman–Crippen MR) is 116 cm³/mol. The van der Waals surface area contributed by atoms with Gasteiger partial charge < -0.3 is 10.2 Å². The molecule has 6 heteroatoms. The summed E-state index contributed by atoms with van der Waals surface area (Å²) in [6.07, 6.45) is 4.66. The number of aromatic nitrogens is 2. The topological polar surface area (TPSA) is 67.2 Å². The molecule has 0 radical (unpaired) electrons. The zero-order chi connectivity index (χ0) is 20.2. The SMILES string of the molecule is Cc1cccc(NC(=O)Cn2nc(N3CCCCCC3)c3ccccc3c2=O)c1. The summed E-state index contributed by atoms with van der Waals surface area (Å²) in [6, 6.07) is 15.1. The van der Waals surface area contributed by atoms with Crippen LogP contribution in [0.1, 0.15) is 31.2 Å².